The summed E-state index contributed by atoms with van der Waals surface area (Å²) in [4.78, 5) is 23.6. The molecule has 2 saturated carbocycles. The molecule has 1 aromatic heterocycles. The molecule has 3 aliphatic rings. The molecule has 27 heavy (non-hydrogen) atoms. The van der Waals surface area contributed by atoms with E-state index in [-0.39, 0.29) is 36.4 Å². The number of amides is 1. The molecule has 0 aromatic carbocycles. The van der Waals surface area contributed by atoms with E-state index in [1.54, 1.807) is 11.1 Å². The van der Waals surface area contributed by atoms with Crippen molar-refractivity contribution in [3.05, 3.63) is 17.5 Å². The first-order valence-corrected chi connectivity index (χ1v) is 11.8. The average molecular weight is 393 g/mol. The fourth-order valence-electron chi connectivity index (χ4n) is 4.74. The van der Waals surface area contributed by atoms with Gasteiger partial charge in [0.15, 0.2) is 9.84 Å². The molecule has 0 spiro atoms. The monoisotopic (exact) mass is 392 g/mol. The van der Waals surface area contributed by atoms with Gasteiger partial charge in [0.2, 0.25) is 5.95 Å². The van der Waals surface area contributed by atoms with Gasteiger partial charge in [0.05, 0.1) is 22.8 Å². The Kier molecular flexibility index (Phi) is 4.86. The zero-order valence-corrected chi connectivity index (χ0v) is 16.8. The number of rotatable bonds is 4. The summed E-state index contributed by atoms with van der Waals surface area (Å²) < 4.78 is 23.2. The van der Waals surface area contributed by atoms with Crippen molar-refractivity contribution in [3.8, 4) is 0 Å². The molecule has 1 amide bonds. The van der Waals surface area contributed by atoms with Gasteiger partial charge in [0.1, 0.15) is 0 Å². The van der Waals surface area contributed by atoms with Crippen molar-refractivity contribution in [3.63, 3.8) is 0 Å². The summed E-state index contributed by atoms with van der Waals surface area (Å²) in [5.74, 6) is 2.14. The molecule has 7 nitrogen and oxygen atoms in total. The molecule has 1 aromatic rings. The third-order valence-corrected chi connectivity index (χ3v) is 7.89. The van der Waals surface area contributed by atoms with E-state index < -0.39 is 9.84 Å². The highest BCUT2D eigenvalue weighted by Crippen LogP contribution is 2.45. The lowest BCUT2D eigenvalue weighted by molar-refractivity contribution is 0.0767. The number of hydrogen-bond donors (Lipinski definition) is 1. The lowest BCUT2D eigenvalue weighted by Gasteiger charge is -2.28. The van der Waals surface area contributed by atoms with Crippen LogP contribution in [0.15, 0.2) is 6.20 Å². The minimum atomic E-state index is -3.02. The maximum Gasteiger partial charge on any atom is 0.257 e. The summed E-state index contributed by atoms with van der Waals surface area (Å²) in [5.41, 5.74) is 1.22. The van der Waals surface area contributed by atoms with Gasteiger partial charge >= 0.3 is 0 Å². The highest BCUT2D eigenvalue weighted by molar-refractivity contribution is 7.91. The van der Waals surface area contributed by atoms with Gasteiger partial charge in [0, 0.05) is 25.3 Å². The van der Waals surface area contributed by atoms with Crippen molar-refractivity contribution in [2.75, 3.05) is 29.9 Å². The van der Waals surface area contributed by atoms with Crippen LogP contribution >= 0.6 is 0 Å². The lowest BCUT2D eigenvalue weighted by Crippen LogP contribution is -2.44. The molecule has 4 rings (SSSR count). The maximum absolute atomic E-state index is 12.9. The van der Waals surface area contributed by atoms with Crippen LogP contribution in [0.4, 0.5) is 5.95 Å². The summed E-state index contributed by atoms with van der Waals surface area (Å²) in [7, 11) is -3.02. The van der Waals surface area contributed by atoms with Crippen molar-refractivity contribution >= 4 is 21.7 Å². The lowest BCUT2D eigenvalue weighted by atomic mass is 9.95. The first kappa shape index (κ1) is 18.7. The molecule has 148 valence electrons. The average Bonchev–Trinajstić information content (AvgIpc) is 3.24. The SMILES string of the molecule is CC(C)c1nc(N[C@H]2C[C@@H]3CC[C@H]2C3)ncc1C(=O)N1CCS(=O)(=O)CC1. The Morgan fingerprint density at radius 2 is 1.96 bits per heavy atom. The predicted molar refractivity (Wildman–Crippen MR) is 104 cm³/mol. The zero-order valence-electron chi connectivity index (χ0n) is 16.0. The molecule has 0 unspecified atom stereocenters. The van der Waals surface area contributed by atoms with Gasteiger partial charge in [-0.3, -0.25) is 4.79 Å². The van der Waals surface area contributed by atoms with Crippen molar-refractivity contribution < 1.29 is 13.2 Å². The molecule has 1 N–H and O–H groups in total. The summed E-state index contributed by atoms with van der Waals surface area (Å²) in [6.45, 7) is 4.51. The first-order chi connectivity index (χ1) is 12.8. The Hall–Kier alpha value is -1.70. The van der Waals surface area contributed by atoms with Gasteiger partial charge < -0.3 is 10.2 Å². The number of nitrogens with one attached hydrogen (secondary N) is 1. The molecule has 2 aliphatic carbocycles. The van der Waals surface area contributed by atoms with Gasteiger partial charge in [-0.25, -0.2) is 18.4 Å². The number of anilines is 1. The van der Waals surface area contributed by atoms with Crippen molar-refractivity contribution in [2.24, 2.45) is 11.8 Å². The van der Waals surface area contributed by atoms with Crippen LogP contribution in [0.3, 0.4) is 0 Å². The molecule has 3 fully saturated rings. The van der Waals surface area contributed by atoms with E-state index in [0.29, 0.717) is 17.6 Å². The Morgan fingerprint density at radius 3 is 2.56 bits per heavy atom. The van der Waals surface area contributed by atoms with Crippen LogP contribution in [0.1, 0.15) is 61.5 Å². The molecule has 1 saturated heterocycles. The van der Waals surface area contributed by atoms with E-state index in [2.05, 4.69) is 15.3 Å². The normalized spacial score (nSPS) is 29.3. The zero-order chi connectivity index (χ0) is 19.2. The predicted octanol–water partition coefficient (Wildman–Crippen LogP) is 2.07. The minimum absolute atomic E-state index is 0.0283. The summed E-state index contributed by atoms with van der Waals surface area (Å²) in [6, 6.07) is 0.442. The van der Waals surface area contributed by atoms with Gasteiger partial charge in [-0.05, 0) is 37.0 Å². The van der Waals surface area contributed by atoms with E-state index >= 15 is 0 Å². The molecule has 8 heteroatoms. The van der Waals surface area contributed by atoms with Crippen LogP contribution < -0.4 is 5.32 Å². The Balaban J connectivity index is 1.51. The van der Waals surface area contributed by atoms with E-state index in [1.165, 1.54) is 25.7 Å². The maximum atomic E-state index is 12.9. The summed E-state index contributed by atoms with van der Waals surface area (Å²) in [6.07, 6.45) is 6.74. The van der Waals surface area contributed by atoms with Crippen LogP contribution in [0.5, 0.6) is 0 Å². The van der Waals surface area contributed by atoms with Crippen molar-refractivity contribution in [2.45, 2.75) is 51.5 Å². The van der Waals surface area contributed by atoms with E-state index in [4.69, 9.17) is 0 Å². The minimum Gasteiger partial charge on any atom is -0.351 e. The number of carbonyl (C=O) groups excluding carboxylic acids is 1. The number of aromatic nitrogens is 2. The van der Waals surface area contributed by atoms with Gasteiger partial charge in [-0.15, -0.1) is 0 Å². The second-order valence-electron chi connectivity index (χ2n) is 8.52. The molecule has 3 atom stereocenters. The van der Waals surface area contributed by atoms with E-state index in [1.807, 2.05) is 13.8 Å². The smallest absolute Gasteiger partial charge is 0.257 e. The van der Waals surface area contributed by atoms with Crippen LogP contribution in [-0.2, 0) is 9.84 Å². The van der Waals surface area contributed by atoms with Gasteiger partial charge in [0.25, 0.3) is 5.91 Å². The van der Waals surface area contributed by atoms with E-state index in [9.17, 15) is 13.2 Å². The van der Waals surface area contributed by atoms with Crippen LogP contribution in [0, 0.1) is 11.8 Å². The quantitative estimate of drug-likeness (QED) is 0.843. The standard InChI is InChI=1S/C19H28N4O3S/c1-12(2)17-15(18(24)23-5-7-27(25,26)8-6-23)11-20-19(22-17)21-16-10-13-3-4-14(16)9-13/h11-14,16H,3-10H2,1-2H3,(H,20,21,22)/t13-,14+,16+/m1/s1. The van der Waals surface area contributed by atoms with Crippen LogP contribution in [-0.4, -0.2) is 59.8 Å². The number of carbonyl (C=O) groups is 1. The number of nitrogens with zero attached hydrogens (tertiary/aromatic N) is 3. The van der Waals surface area contributed by atoms with E-state index in [0.717, 1.165) is 17.5 Å². The van der Waals surface area contributed by atoms with Crippen LogP contribution in [0.2, 0.25) is 0 Å². The Bertz CT molecular complexity index is 825. The summed E-state index contributed by atoms with van der Waals surface area (Å²) in [5, 5.41) is 3.50. The molecular formula is C19H28N4O3S. The number of fused-ring (bicyclic) bond motifs is 2. The second-order valence-corrected chi connectivity index (χ2v) is 10.8. The molecular weight excluding hydrogens is 364 g/mol. The first-order valence-electron chi connectivity index (χ1n) is 9.95. The van der Waals surface area contributed by atoms with Crippen LogP contribution in [0.25, 0.3) is 0 Å². The Labute approximate surface area is 160 Å². The van der Waals surface area contributed by atoms with Gasteiger partial charge in [-0.1, -0.05) is 20.3 Å². The van der Waals surface area contributed by atoms with Crippen molar-refractivity contribution in [1.29, 1.82) is 0 Å². The molecule has 2 bridgehead atoms. The molecule has 1 aliphatic heterocycles. The number of sulfone groups is 1. The molecule has 0 radical (unpaired) electrons. The highest BCUT2D eigenvalue weighted by Gasteiger charge is 2.40. The highest BCUT2D eigenvalue weighted by atomic mass is 32.2. The number of hydrogen-bond acceptors (Lipinski definition) is 6. The third kappa shape index (κ3) is 3.81. The topological polar surface area (TPSA) is 92.3 Å². The fraction of sp³-hybridized carbons (Fsp3) is 0.737. The van der Waals surface area contributed by atoms with Crippen molar-refractivity contribution in [1.82, 2.24) is 14.9 Å². The third-order valence-electron chi connectivity index (χ3n) is 6.28. The second kappa shape index (κ2) is 7.04. The fourth-order valence-corrected chi connectivity index (χ4v) is 5.94. The largest absolute Gasteiger partial charge is 0.351 e. The van der Waals surface area contributed by atoms with Gasteiger partial charge in [-0.2, -0.15) is 0 Å². The Morgan fingerprint density at radius 1 is 1.22 bits per heavy atom. The summed E-state index contributed by atoms with van der Waals surface area (Å²) >= 11 is 0. The molecule has 2 heterocycles.